The molecular formula is C12H22N2O6S. The summed E-state index contributed by atoms with van der Waals surface area (Å²) in [6, 6.07) is 2.96. The van der Waals surface area contributed by atoms with Gasteiger partial charge in [-0.05, 0) is 12.1 Å². The molecule has 3 N–H and O–H groups in total. The number of nitrogens with one attached hydrogen (secondary N) is 2. The molecule has 21 heavy (non-hydrogen) atoms. The largest absolute Gasteiger partial charge is 0.447 e. The zero-order valence-electron chi connectivity index (χ0n) is 12.2. The van der Waals surface area contributed by atoms with Crippen molar-refractivity contribution < 1.29 is 27.4 Å². The second-order valence-corrected chi connectivity index (χ2v) is 6.05. The lowest BCUT2D eigenvalue weighted by molar-refractivity contribution is 0.0678. The van der Waals surface area contributed by atoms with Crippen LogP contribution in [-0.4, -0.2) is 60.2 Å². The molecule has 0 aliphatic heterocycles. The molecule has 0 spiro atoms. The standard InChI is InChI=1S/C12H22N2O6S/c1-18-6-5-13-8-11-3-4-12(20-11)21(16,17)14-7-10(15)9-19-2/h3-4,10,13-15H,5-9H2,1-2H3. The van der Waals surface area contributed by atoms with E-state index in [0.29, 0.717) is 25.5 Å². The Morgan fingerprint density at radius 1 is 1.33 bits per heavy atom. The lowest BCUT2D eigenvalue weighted by Crippen LogP contribution is -2.34. The Morgan fingerprint density at radius 2 is 2.10 bits per heavy atom. The number of rotatable bonds is 11. The van der Waals surface area contributed by atoms with Crippen molar-refractivity contribution in [3.8, 4) is 0 Å². The van der Waals surface area contributed by atoms with E-state index in [4.69, 9.17) is 13.9 Å². The average molecular weight is 322 g/mol. The van der Waals surface area contributed by atoms with Crippen molar-refractivity contribution in [3.05, 3.63) is 17.9 Å². The Labute approximate surface area is 124 Å². The number of furan rings is 1. The summed E-state index contributed by atoms with van der Waals surface area (Å²) in [6.07, 6.45) is -0.907. The highest BCUT2D eigenvalue weighted by Crippen LogP contribution is 2.13. The first kappa shape index (κ1) is 18.1. The van der Waals surface area contributed by atoms with Gasteiger partial charge in [-0.15, -0.1) is 0 Å². The number of methoxy groups -OCH3 is 2. The third-order valence-corrected chi connectivity index (χ3v) is 3.85. The summed E-state index contributed by atoms with van der Waals surface area (Å²) in [5.74, 6) is 0.504. The highest BCUT2D eigenvalue weighted by Gasteiger charge is 2.19. The minimum atomic E-state index is -3.77. The van der Waals surface area contributed by atoms with E-state index in [1.54, 1.807) is 13.2 Å². The lowest BCUT2D eigenvalue weighted by Gasteiger charge is -2.09. The molecule has 0 saturated carbocycles. The Hall–Kier alpha value is -0.970. The molecule has 8 nitrogen and oxygen atoms in total. The van der Waals surface area contributed by atoms with Crippen LogP contribution in [0.4, 0.5) is 0 Å². The summed E-state index contributed by atoms with van der Waals surface area (Å²) < 4.78 is 41.0. The molecule has 0 amide bonds. The van der Waals surface area contributed by atoms with Gasteiger partial charge in [0.1, 0.15) is 5.76 Å². The molecule has 9 heteroatoms. The van der Waals surface area contributed by atoms with Crippen molar-refractivity contribution in [2.24, 2.45) is 0 Å². The predicted molar refractivity (Wildman–Crippen MR) is 75.4 cm³/mol. The average Bonchev–Trinajstić information content (AvgIpc) is 2.92. The summed E-state index contributed by atoms with van der Waals surface area (Å²) in [5, 5.41) is 12.3. The number of sulfonamides is 1. The van der Waals surface area contributed by atoms with E-state index < -0.39 is 16.1 Å². The molecule has 0 saturated heterocycles. The molecule has 0 aliphatic carbocycles. The second kappa shape index (κ2) is 9.13. The monoisotopic (exact) mass is 322 g/mol. The van der Waals surface area contributed by atoms with Crippen molar-refractivity contribution in [3.63, 3.8) is 0 Å². The van der Waals surface area contributed by atoms with Crippen LogP contribution < -0.4 is 10.0 Å². The fourth-order valence-corrected chi connectivity index (χ4v) is 2.53. The Kier molecular flexibility index (Phi) is 7.86. The molecule has 1 rings (SSSR count). The molecule has 1 aromatic heterocycles. The maximum absolute atomic E-state index is 11.9. The first-order chi connectivity index (χ1) is 9.99. The van der Waals surface area contributed by atoms with E-state index >= 15 is 0 Å². The van der Waals surface area contributed by atoms with Gasteiger partial charge in [0.2, 0.25) is 5.09 Å². The lowest BCUT2D eigenvalue weighted by atomic mass is 10.4. The van der Waals surface area contributed by atoms with Gasteiger partial charge >= 0.3 is 0 Å². The van der Waals surface area contributed by atoms with Crippen LogP contribution in [0, 0.1) is 0 Å². The predicted octanol–water partition coefficient (Wildman–Crippen LogP) is -0.699. The molecule has 0 aromatic carbocycles. The first-order valence-electron chi connectivity index (χ1n) is 6.44. The zero-order valence-corrected chi connectivity index (χ0v) is 13.0. The fourth-order valence-electron chi connectivity index (χ4n) is 1.51. The second-order valence-electron chi connectivity index (χ2n) is 4.35. The van der Waals surface area contributed by atoms with E-state index in [0.717, 1.165) is 0 Å². The van der Waals surface area contributed by atoms with Crippen LogP contribution >= 0.6 is 0 Å². The van der Waals surface area contributed by atoms with Gasteiger partial charge in [0.15, 0.2) is 0 Å². The van der Waals surface area contributed by atoms with Gasteiger partial charge in [-0.2, -0.15) is 0 Å². The molecule has 1 heterocycles. The van der Waals surface area contributed by atoms with Crippen molar-refractivity contribution in [2.75, 3.05) is 40.5 Å². The van der Waals surface area contributed by atoms with E-state index in [1.165, 1.54) is 13.2 Å². The van der Waals surface area contributed by atoms with Crippen LogP contribution in [0.1, 0.15) is 5.76 Å². The smallest absolute Gasteiger partial charge is 0.274 e. The highest BCUT2D eigenvalue weighted by atomic mass is 32.2. The molecule has 1 aromatic rings. The third kappa shape index (κ3) is 6.55. The number of aliphatic hydroxyl groups is 1. The van der Waals surface area contributed by atoms with E-state index in [1.807, 2.05) is 0 Å². The van der Waals surface area contributed by atoms with Gasteiger partial charge in [-0.1, -0.05) is 0 Å². The van der Waals surface area contributed by atoms with Crippen molar-refractivity contribution in [2.45, 2.75) is 17.7 Å². The summed E-state index contributed by atoms with van der Waals surface area (Å²) in [5.41, 5.74) is 0. The molecule has 0 radical (unpaired) electrons. The third-order valence-electron chi connectivity index (χ3n) is 2.55. The molecule has 122 valence electrons. The Balaban J connectivity index is 2.49. The first-order valence-corrected chi connectivity index (χ1v) is 7.93. The van der Waals surface area contributed by atoms with Crippen LogP contribution in [0.3, 0.4) is 0 Å². The van der Waals surface area contributed by atoms with Crippen LogP contribution in [0.5, 0.6) is 0 Å². The summed E-state index contributed by atoms with van der Waals surface area (Å²) in [6.45, 7) is 1.52. The highest BCUT2D eigenvalue weighted by molar-refractivity contribution is 7.89. The molecule has 1 unspecified atom stereocenters. The number of aliphatic hydroxyl groups excluding tert-OH is 1. The molecule has 0 aliphatic rings. The van der Waals surface area contributed by atoms with Gasteiger partial charge in [-0.3, -0.25) is 0 Å². The van der Waals surface area contributed by atoms with Crippen LogP contribution in [-0.2, 0) is 26.0 Å². The van der Waals surface area contributed by atoms with Crippen LogP contribution in [0.2, 0.25) is 0 Å². The summed E-state index contributed by atoms with van der Waals surface area (Å²) in [4.78, 5) is 0. The van der Waals surface area contributed by atoms with Gasteiger partial charge < -0.3 is 24.3 Å². The van der Waals surface area contributed by atoms with E-state index in [-0.39, 0.29) is 18.2 Å². The SMILES string of the molecule is COCCNCc1ccc(S(=O)(=O)NCC(O)COC)o1. The van der Waals surface area contributed by atoms with Crippen LogP contribution in [0.25, 0.3) is 0 Å². The topological polar surface area (TPSA) is 110 Å². The number of hydrogen-bond acceptors (Lipinski definition) is 7. The minimum absolute atomic E-state index is 0.0509. The summed E-state index contributed by atoms with van der Waals surface area (Å²) >= 11 is 0. The normalized spacial score (nSPS) is 13.5. The fraction of sp³-hybridized carbons (Fsp3) is 0.667. The molecule has 0 fully saturated rings. The maximum Gasteiger partial charge on any atom is 0.274 e. The Morgan fingerprint density at radius 3 is 2.76 bits per heavy atom. The van der Waals surface area contributed by atoms with E-state index in [2.05, 4.69) is 10.0 Å². The minimum Gasteiger partial charge on any atom is -0.447 e. The number of hydrogen-bond donors (Lipinski definition) is 3. The van der Waals surface area contributed by atoms with Crippen molar-refractivity contribution in [1.82, 2.24) is 10.0 Å². The Bertz CT molecular complexity index is 502. The zero-order chi connectivity index (χ0) is 15.7. The van der Waals surface area contributed by atoms with E-state index in [9.17, 15) is 13.5 Å². The van der Waals surface area contributed by atoms with Crippen molar-refractivity contribution in [1.29, 1.82) is 0 Å². The number of ether oxygens (including phenoxy) is 2. The molecule has 0 bridgehead atoms. The van der Waals surface area contributed by atoms with Crippen molar-refractivity contribution >= 4 is 10.0 Å². The molecule has 1 atom stereocenters. The van der Waals surface area contributed by atoms with Gasteiger partial charge in [0.25, 0.3) is 10.0 Å². The maximum atomic E-state index is 11.9. The van der Waals surface area contributed by atoms with Crippen LogP contribution in [0.15, 0.2) is 21.6 Å². The quantitative estimate of drug-likeness (QED) is 0.462. The van der Waals surface area contributed by atoms with Gasteiger partial charge in [-0.25, -0.2) is 13.1 Å². The van der Waals surface area contributed by atoms with Gasteiger partial charge in [0, 0.05) is 27.3 Å². The van der Waals surface area contributed by atoms with Gasteiger partial charge in [0.05, 0.1) is 25.9 Å². The molecular weight excluding hydrogens is 300 g/mol. The summed E-state index contributed by atoms with van der Waals surface area (Å²) in [7, 11) is -0.749.